The van der Waals surface area contributed by atoms with E-state index in [1.54, 1.807) is 12.3 Å². The fraction of sp³-hybridized carbons (Fsp3) is 0.150. The summed E-state index contributed by atoms with van der Waals surface area (Å²) in [6.07, 6.45) is 3.09. The van der Waals surface area contributed by atoms with Crippen molar-refractivity contribution in [2.45, 2.75) is 18.4 Å². The number of aromatic nitrogens is 2. The average Bonchev–Trinajstić information content (AvgIpc) is 2.71. The maximum absolute atomic E-state index is 12.3. The zero-order chi connectivity index (χ0) is 21.0. The highest BCUT2D eigenvalue weighted by molar-refractivity contribution is 7.89. The van der Waals surface area contributed by atoms with E-state index < -0.39 is 16.0 Å². The highest BCUT2D eigenvalue weighted by Crippen LogP contribution is 2.13. The van der Waals surface area contributed by atoms with Gasteiger partial charge in [-0.1, -0.05) is 18.2 Å². The van der Waals surface area contributed by atoms with E-state index in [1.165, 1.54) is 40.8 Å². The van der Waals surface area contributed by atoms with E-state index in [4.69, 9.17) is 4.74 Å². The summed E-state index contributed by atoms with van der Waals surface area (Å²) < 4.78 is 33.3. The van der Waals surface area contributed by atoms with Crippen LogP contribution in [0.3, 0.4) is 0 Å². The number of hydrogen-bond donors (Lipinski definition) is 1. The van der Waals surface area contributed by atoms with Crippen molar-refractivity contribution in [1.29, 1.82) is 0 Å². The molecule has 0 unspecified atom stereocenters. The Bertz CT molecular complexity index is 1250. The molecule has 1 aromatic carbocycles. The lowest BCUT2D eigenvalue weighted by Crippen LogP contribution is -2.24. The molecule has 150 valence electrons. The van der Waals surface area contributed by atoms with Gasteiger partial charge in [-0.3, -0.25) is 9.20 Å². The number of esters is 1. The molecule has 9 heteroatoms. The third-order valence-corrected chi connectivity index (χ3v) is 5.43. The first kappa shape index (κ1) is 20.4. The maximum Gasteiger partial charge on any atom is 0.338 e. The summed E-state index contributed by atoms with van der Waals surface area (Å²) in [5.74, 6) is -0.725. The fourth-order valence-corrected chi connectivity index (χ4v) is 3.64. The van der Waals surface area contributed by atoms with Gasteiger partial charge in [0.15, 0.2) is 0 Å². The SMILES string of the molecule is C=CCNS(=O)(=O)c1cccc(C(=O)OCc2cc(=O)n3cc(C)ccc3n2)c1. The van der Waals surface area contributed by atoms with Gasteiger partial charge in [0.25, 0.3) is 5.56 Å². The third-order valence-electron chi connectivity index (χ3n) is 4.01. The molecule has 0 radical (unpaired) electrons. The Labute approximate surface area is 167 Å². The van der Waals surface area contributed by atoms with Crippen molar-refractivity contribution in [1.82, 2.24) is 14.1 Å². The first-order valence-corrected chi connectivity index (χ1v) is 10.2. The Balaban J connectivity index is 1.77. The second-order valence-corrected chi connectivity index (χ2v) is 8.03. The highest BCUT2D eigenvalue weighted by Gasteiger charge is 2.16. The molecule has 0 spiro atoms. The van der Waals surface area contributed by atoms with Gasteiger partial charge in [-0.25, -0.2) is 22.9 Å². The molecule has 2 heterocycles. The van der Waals surface area contributed by atoms with Crippen molar-refractivity contribution >= 4 is 21.6 Å². The minimum Gasteiger partial charge on any atom is -0.456 e. The minimum atomic E-state index is -3.76. The molecule has 2 aromatic heterocycles. The van der Waals surface area contributed by atoms with Crippen LogP contribution in [-0.2, 0) is 21.4 Å². The molecule has 0 atom stereocenters. The Morgan fingerprint density at radius 2 is 2.07 bits per heavy atom. The van der Waals surface area contributed by atoms with Crippen molar-refractivity contribution in [2.75, 3.05) is 6.54 Å². The smallest absolute Gasteiger partial charge is 0.338 e. The van der Waals surface area contributed by atoms with Crippen molar-refractivity contribution in [2.24, 2.45) is 0 Å². The largest absolute Gasteiger partial charge is 0.456 e. The second kappa shape index (κ2) is 8.38. The maximum atomic E-state index is 12.3. The van der Waals surface area contributed by atoms with Gasteiger partial charge in [-0.05, 0) is 36.8 Å². The van der Waals surface area contributed by atoms with Gasteiger partial charge in [-0.2, -0.15) is 0 Å². The number of benzene rings is 1. The molecule has 0 amide bonds. The predicted molar refractivity (Wildman–Crippen MR) is 107 cm³/mol. The van der Waals surface area contributed by atoms with Gasteiger partial charge >= 0.3 is 5.97 Å². The molecular formula is C20H19N3O5S. The van der Waals surface area contributed by atoms with Gasteiger partial charge in [0.2, 0.25) is 10.0 Å². The molecule has 0 bridgehead atoms. The number of rotatable bonds is 7. The van der Waals surface area contributed by atoms with Crippen LogP contribution in [0.1, 0.15) is 21.6 Å². The van der Waals surface area contributed by atoms with E-state index in [1.807, 2.05) is 13.0 Å². The van der Waals surface area contributed by atoms with Crippen LogP contribution in [0.2, 0.25) is 0 Å². The Morgan fingerprint density at radius 1 is 1.28 bits per heavy atom. The number of hydrogen-bond acceptors (Lipinski definition) is 6. The van der Waals surface area contributed by atoms with Crippen LogP contribution in [0.25, 0.3) is 5.65 Å². The number of nitrogens with zero attached hydrogens (tertiary/aromatic N) is 2. The number of carbonyl (C=O) groups is 1. The van der Waals surface area contributed by atoms with Crippen molar-refractivity contribution in [3.05, 3.63) is 88.5 Å². The van der Waals surface area contributed by atoms with E-state index >= 15 is 0 Å². The van der Waals surface area contributed by atoms with Gasteiger partial charge < -0.3 is 4.74 Å². The van der Waals surface area contributed by atoms with Gasteiger partial charge in [0.1, 0.15) is 12.3 Å². The zero-order valence-corrected chi connectivity index (χ0v) is 16.5. The quantitative estimate of drug-likeness (QED) is 0.468. The van der Waals surface area contributed by atoms with Gasteiger partial charge in [0.05, 0.1) is 16.2 Å². The number of aryl methyl sites for hydroxylation is 1. The van der Waals surface area contributed by atoms with Crippen LogP contribution in [0, 0.1) is 6.92 Å². The lowest BCUT2D eigenvalue weighted by Gasteiger charge is -2.08. The van der Waals surface area contributed by atoms with Crippen LogP contribution in [0.5, 0.6) is 0 Å². The van der Waals surface area contributed by atoms with Crippen molar-refractivity contribution < 1.29 is 17.9 Å². The highest BCUT2D eigenvalue weighted by atomic mass is 32.2. The van der Waals surface area contributed by atoms with E-state index in [-0.39, 0.29) is 29.2 Å². The number of fused-ring (bicyclic) bond motifs is 1. The number of ether oxygens (including phenoxy) is 1. The summed E-state index contributed by atoms with van der Waals surface area (Å²) in [6.45, 7) is 5.17. The standard InChI is InChI=1S/C20H19N3O5S/c1-3-9-21-29(26,27)17-6-4-5-15(10-17)20(25)28-13-16-11-19(24)23-12-14(2)7-8-18(23)22-16/h3-8,10-12,21H,1,9,13H2,2H3. The van der Waals surface area contributed by atoms with Crippen molar-refractivity contribution in [3.63, 3.8) is 0 Å². The monoisotopic (exact) mass is 413 g/mol. The van der Waals surface area contributed by atoms with E-state index in [9.17, 15) is 18.0 Å². The molecule has 0 aliphatic heterocycles. The lowest BCUT2D eigenvalue weighted by molar-refractivity contribution is 0.0467. The van der Waals surface area contributed by atoms with Crippen LogP contribution in [-0.4, -0.2) is 30.3 Å². The molecule has 3 aromatic rings. The van der Waals surface area contributed by atoms with Gasteiger partial charge in [-0.15, -0.1) is 6.58 Å². The molecule has 29 heavy (non-hydrogen) atoms. The molecule has 0 fully saturated rings. The molecule has 3 rings (SSSR count). The first-order chi connectivity index (χ1) is 13.8. The fourth-order valence-electron chi connectivity index (χ4n) is 2.60. The summed E-state index contributed by atoms with van der Waals surface area (Å²) in [5, 5.41) is 0. The van der Waals surface area contributed by atoms with Crippen LogP contribution < -0.4 is 10.3 Å². The Hall–Kier alpha value is -3.30. The third kappa shape index (κ3) is 4.76. The van der Waals surface area contributed by atoms with Crippen molar-refractivity contribution in [3.8, 4) is 0 Å². The average molecular weight is 413 g/mol. The van der Waals surface area contributed by atoms with E-state index in [0.29, 0.717) is 11.3 Å². The second-order valence-electron chi connectivity index (χ2n) is 6.26. The predicted octanol–water partition coefficient (Wildman–Crippen LogP) is 1.82. The summed E-state index contributed by atoms with van der Waals surface area (Å²) in [7, 11) is -3.76. The molecule has 0 saturated carbocycles. The van der Waals surface area contributed by atoms with E-state index in [0.717, 1.165) is 5.56 Å². The molecular weight excluding hydrogens is 394 g/mol. The Morgan fingerprint density at radius 3 is 2.83 bits per heavy atom. The molecule has 0 aliphatic rings. The van der Waals surface area contributed by atoms with Crippen LogP contribution in [0.15, 0.2) is 71.0 Å². The summed E-state index contributed by atoms with van der Waals surface area (Å²) >= 11 is 0. The normalized spacial score (nSPS) is 11.3. The number of nitrogens with one attached hydrogen (secondary N) is 1. The Kier molecular flexibility index (Phi) is 5.90. The first-order valence-electron chi connectivity index (χ1n) is 8.67. The molecule has 0 aliphatic carbocycles. The molecule has 8 nitrogen and oxygen atoms in total. The molecule has 1 N–H and O–H groups in total. The summed E-state index contributed by atoms with van der Waals surface area (Å²) in [5.41, 5.74) is 1.43. The minimum absolute atomic E-state index is 0.0637. The zero-order valence-electron chi connectivity index (χ0n) is 15.7. The van der Waals surface area contributed by atoms with Crippen LogP contribution >= 0.6 is 0 Å². The summed E-state index contributed by atoms with van der Waals surface area (Å²) in [6, 6.07) is 10.3. The number of carbonyl (C=O) groups excluding carboxylic acids is 1. The lowest BCUT2D eigenvalue weighted by atomic mass is 10.2. The summed E-state index contributed by atoms with van der Waals surface area (Å²) in [4.78, 5) is 28.8. The molecule has 0 saturated heterocycles. The number of pyridine rings is 1. The topological polar surface area (TPSA) is 107 Å². The number of sulfonamides is 1. The van der Waals surface area contributed by atoms with Gasteiger partial charge in [0, 0.05) is 18.8 Å². The van der Waals surface area contributed by atoms with Crippen LogP contribution in [0.4, 0.5) is 0 Å². The van der Waals surface area contributed by atoms with E-state index in [2.05, 4.69) is 16.3 Å².